The van der Waals surface area contributed by atoms with E-state index in [1.807, 2.05) is 0 Å². The van der Waals surface area contributed by atoms with E-state index in [0.717, 1.165) is 0 Å². The van der Waals surface area contributed by atoms with Gasteiger partial charge >= 0.3 is 35.8 Å². The Morgan fingerprint density at radius 3 is 0.703 bits per heavy atom. The fourth-order valence-corrected chi connectivity index (χ4v) is 9.46. The molecule has 43 nitrogen and oxygen atoms in total. The van der Waals surface area contributed by atoms with Crippen LogP contribution in [0.2, 0.25) is 0 Å². The smallest absolute Gasteiger partial charge is 0.326 e. The zero-order valence-electron chi connectivity index (χ0n) is 64.1. The fraction of sp³-hybridized carbons (Fsp3) is 0.765. The van der Waals surface area contributed by atoms with E-state index in [1.54, 1.807) is 27.7 Å². The summed E-state index contributed by atoms with van der Waals surface area (Å²) in [6.45, 7) is 14.2. The highest BCUT2D eigenvalue weighted by atomic mass is 16.6. The molecule has 43 heteroatoms. The molecule has 111 heavy (non-hydrogen) atoms. The summed E-state index contributed by atoms with van der Waals surface area (Å²) in [6.07, 6.45) is -4.04. The van der Waals surface area contributed by atoms with Gasteiger partial charge < -0.3 is 137 Å². The third-order valence-corrected chi connectivity index (χ3v) is 16.2. The largest absolute Gasteiger partial charge is 0.481 e. The van der Waals surface area contributed by atoms with Crippen molar-refractivity contribution in [2.75, 3.05) is 132 Å². The summed E-state index contributed by atoms with van der Waals surface area (Å²) >= 11 is 0. The summed E-state index contributed by atoms with van der Waals surface area (Å²) in [5.41, 5.74) is 0. The first-order valence-corrected chi connectivity index (χ1v) is 36.3. The van der Waals surface area contributed by atoms with E-state index in [0.29, 0.717) is 52.5 Å². The van der Waals surface area contributed by atoms with Gasteiger partial charge in [0.2, 0.25) is 59.1 Å². The number of carboxylic acids is 6. The number of hydrogen-bond donors (Lipinski definition) is 18. The summed E-state index contributed by atoms with van der Waals surface area (Å²) < 4.78 is 49.4. The van der Waals surface area contributed by atoms with Gasteiger partial charge in [-0.1, -0.05) is 68.2 Å². The Balaban J connectivity index is 4.56. The highest BCUT2D eigenvalue weighted by Gasteiger charge is 2.38. The summed E-state index contributed by atoms with van der Waals surface area (Å²) in [5.74, 6) is -21.2. The van der Waals surface area contributed by atoms with Crippen LogP contribution < -0.4 is 53.2 Å². The van der Waals surface area contributed by atoms with Crippen molar-refractivity contribution < 1.29 is 160 Å². The molecule has 0 saturated heterocycles. The topological polar surface area (TPSA) is 638 Å². The van der Waals surface area contributed by atoms with Crippen LogP contribution in [-0.2, 0) is 119 Å². The molecule has 10 amide bonds. The molecule has 0 saturated carbocycles. The number of carbonyl (C=O) groups excluding carboxylic acids is 10. The predicted molar refractivity (Wildman–Crippen MR) is 382 cm³/mol. The van der Waals surface area contributed by atoms with E-state index < -0.39 is 231 Å². The second-order valence-corrected chi connectivity index (χ2v) is 25.8. The fourth-order valence-electron chi connectivity index (χ4n) is 9.46. The molecule has 0 aromatic carbocycles. The lowest BCUT2D eigenvalue weighted by Crippen LogP contribution is -2.60. The van der Waals surface area contributed by atoms with Crippen LogP contribution in [0.3, 0.4) is 0 Å². The van der Waals surface area contributed by atoms with E-state index in [4.69, 9.17) is 42.6 Å². The van der Waals surface area contributed by atoms with Gasteiger partial charge in [0.1, 0.15) is 60.4 Å². The molecule has 0 fully saturated rings. The molecule has 0 aromatic heterocycles. The molecule has 0 aliphatic heterocycles. The second-order valence-electron chi connectivity index (χ2n) is 25.8. The lowest BCUT2D eigenvalue weighted by Gasteiger charge is -2.27. The molecule has 0 aromatic rings. The molecular formula is C68H116N10O33. The summed E-state index contributed by atoms with van der Waals surface area (Å²) in [5, 5.41) is 99.1. The molecule has 0 aliphatic carbocycles. The second kappa shape index (κ2) is 59.8. The minimum absolute atomic E-state index is 0.0639. The SMILES string of the molecule is CC[C@H](C)[C@H](NC(=O)CCOCCOCCOCCOCCOCCOCCOCCOCCOCCC(=O)N[C@H](C(=O)N[C@@H](CCC(=O)O)C(=O)N[C@@H](CO)C(=O)N[C@@H](CC(=O)O)C(=O)N[C@H](C(=O)O)C(C)C)[C@@H](C)CC)C(=O)N[C@@H](CCC(=O)O)C(=O)N[C@@H](CO)C(=O)N[C@@H](CC(=O)O)C(=O)N[C@H](C(=O)O)C(C)C. The van der Waals surface area contributed by atoms with Crippen LogP contribution in [0.1, 0.15) is 120 Å². The first kappa shape index (κ1) is 102. The van der Waals surface area contributed by atoms with Crippen molar-refractivity contribution in [1.29, 1.82) is 0 Å². The highest BCUT2D eigenvalue weighted by Crippen LogP contribution is 2.14. The Hall–Kier alpha value is -8.92. The summed E-state index contributed by atoms with van der Waals surface area (Å²) in [4.78, 5) is 202. The lowest BCUT2D eigenvalue weighted by molar-refractivity contribution is -0.145. The number of rotatable bonds is 68. The molecule has 0 aliphatic rings. The maximum Gasteiger partial charge on any atom is 0.326 e. The number of nitrogens with one attached hydrogen (secondary N) is 10. The van der Waals surface area contributed by atoms with Crippen LogP contribution in [0.25, 0.3) is 0 Å². The van der Waals surface area contributed by atoms with Gasteiger partial charge in [0.05, 0.1) is 145 Å². The number of carboxylic acid groups (broad SMARTS) is 6. The summed E-state index contributed by atoms with van der Waals surface area (Å²) in [6, 6.07) is -16.1. The molecular weight excluding hydrogens is 1480 g/mol. The Labute approximate surface area is 642 Å². The Bertz CT molecular complexity index is 2710. The normalized spacial score (nSPS) is 14.5. The Morgan fingerprint density at radius 1 is 0.261 bits per heavy atom. The molecule has 0 bridgehead atoms. The number of hydrogen-bond acceptors (Lipinski definition) is 27. The summed E-state index contributed by atoms with van der Waals surface area (Å²) in [7, 11) is 0. The maximum absolute atomic E-state index is 13.6. The number of ether oxygens (including phenoxy) is 9. The first-order chi connectivity index (χ1) is 52.5. The molecule has 18 N–H and O–H groups in total. The highest BCUT2D eigenvalue weighted by molar-refractivity contribution is 5.99. The zero-order chi connectivity index (χ0) is 84.0. The van der Waals surface area contributed by atoms with Crippen molar-refractivity contribution in [3.63, 3.8) is 0 Å². The van der Waals surface area contributed by atoms with Gasteiger partial charge in [0, 0.05) is 25.7 Å². The molecule has 0 unspecified atom stereocenters. The molecule has 0 spiro atoms. The van der Waals surface area contributed by atoms with Gasteiger partial charge in [-0.05, 0) is 36.5 Å². The van der Waals surface area contributed by atoms with Crippen LogP contribution in [0.5, 0.6) is 0 Å². The molecule has 0 radical (unpaired) electrons. The molecule has 636 valence electrons. The van der Waals surface area contributed by atoms with Crippen molar-refractivity contribution in [2.45, 2.75) is 180 Å². The van der Waals surface area contributed by atoms with Gasteiger partial charge in [-0.25, -0.2) is 9.59 Å². The Kier molecular flexibility index (Phi) is 55.0. The predicted octanol–water partition coefficient (Wildman–Crippen LogP) is -5.00. The van der Waals surface area contributed by atoms with Crippen LogP contribution in [-0.4, -0.2) is 328 Å². The number of aliphatic hydroxyl groups is 2. The van der Waals surface area contributed by atoms with Crippen LogP contribution in [0, 0.1) is 23.7 Å². The third kappa shape index (κ3) is 47.1. The van der Waals surface area contributed by atoms with Crippen LogP contribution in [0.15, 0.2) is 0 Å². The first-order valence-electron chi connectivity index (χ1n) is 36.3. The number of carbonyl (C=O) groups is 16. The van der Waals surface area contributed by atoms with Gasteiger partial charge in [0.15, 0.2) is 0 Å². The van der Waals surface area contributed by atoms with E-state index in [-0.39, 0.29) is 92.1 Å². The molecule has 0 rings (SSSR count). The van der Waals surface area contributed by atoms with Gasteiger partial charge in [-0.2, -0.15) is 0 Å². The minimum atomic E-state index is -1.87. The van der Waals surface area contributed by atoms with Gasteiger partial charge in [0.25, 0.3) is 0 Å². The average molecular weight is 1600 g/mol. The van der Waals surface area contributed by atoms with Gasteiger partial charge in [-0.15, -0.1) is 0 Å². The van der Waals surface area contributed by atoms with Crippen LogP contribution in [0.4, 0.5) is 0 Å². The third-order valence-electron chi connectivity index (χ3n) is 16.2. The molecule has 0 heterocycles. The zero-order valence-corrected chi connectivity index (χ0v) is 64.1. The average Bonchev–Trinajstić information content (AvgIpc) is 0.861. The monoisotopic (exact) mass is 1600 g/mol. The van der Waals surface area contributed by atoms with Crippen molar-refractivity contribution in [3.8, 4) is 0 Å². The van der Waals surface area contributed by atoms with E-state index >= 15 is 0 Å². The van der Waals surface area contributed by atoms with Crippen LogP contribution >= 0.6 is 0 Å². The molecule has 12 atom stereocenters. The van der Waals surface area contributed by atoms with Crippen molar-refractivity contribution in [3.05, 3.63) is 0 Å². The van der Waals surface area contributed by atoms with E-state index in [2.05, 4.69) is 53.2 Å². The standard InChI is InChI=1S/C68H116N10O33/c1-9-41(7)57(65(97)69-43(11-13-51(83)84)59(91)73-47(37-79)63(95)71-45(35-53(87)88)61(93)77-55(39(3)4)67(99)100)75-49(81)15-17-103-19-21-105-23-25-107-27-29-109-31-33-111-34-32-110-30-28-108-26-24-106-22-20-104-18-16-50(82)76-58(42(8)10-2)66(98)70-44(12-14-52(85)86)60(92)74-48(38-80)64(96)72-46(36-54(89)90)62(94)78-56(40(5)6)68(101)102/h39-48,55-58,79-80H,9-38H2,1-8H3,(H,69,97)(H,70,98)(H,71,95)(H,72,96)(H,73,91)(H,74,92)(H,75,81)(H,76,82)(H,77,93)(H,78,94)(H,83,84)(H,85,86)(H,87,88)(H,89,90)(H,99,100)(H,101,102)/t41-,42-,43-,44-,45-,46-,47-,48-,55-,56-,57-,58-/m0/s1. The minimum Gasteiger partial charge on any atom is -0.481 e. The lowest BCUT2D eigenvalue weighted by atomic mass is 9.97. The van der Waals surface area contributed by atoms with Crippen molar-refractivity contribution in [1.82, 2.24) is 53.2 Å². The van der Waals surface area contributed by atoms with Crippen molar-refractivity contribution >= 4 is 94.9 Å². The quantitative estimate of drug-likeness (QED) is 0.0254. The Morgan fingerprint density at radius 2 is 0.486 bits per heavy atom. The van der Waals surface area contributed by atoms with Crippen molar-refractivity contribution in [2.24, 2.45) is 23.7 Å². The number of aliphatic hydroxyl groups excluding tert-OH is 2. The van der Waals surface area contributed by atoms with E-state index in [9.17, 15) is 118 Å². The number of amides is 10. The maximum atomic E-state index is 13.6. The van der Waals surface area contributed by atoms with Gasteiger partial charge in [-0.3, -0.25) is 67.1 Å². The van der Waals surface area contributed by atoms with E-state index in [1.165, 1.54) is 27.7 Å². The number of aliphatic carboxylic acids is 6.